The molecular formula is C52H43N. The van der Waals surface area contributed by atoms with Crippen LogP contribution in [0, 0.1) is 0 Å². The summed E-state index contributed by atoms with van der Waals surface area (Å²) in [6.45, 7) is 9.19. The van der Waals surface area contributed by atoms with Gasteiger partial charge in [0.25, 0.3) is 0 Å². The first-order chi connectivity index (χ1) is 25.9. The molecule has 0 bridgehead atoms. The van der Waals surface area contributed by atoms with Crippen molar-refractivity contribution in [3.63, 3.8) is 0 Å². The van der Waals surface area contributed by atoms with Gasteiger partial charge in [0.1, 0.15) is 0 Å². The van der Waals surface area contributed by atoms with E-state index in [0.717, 1.165) is 17.1 Å². The van der Waals surface area contributed by atoms with Gasteiger partial charge >= 0.3 is 0 Å². The Bertz CT molecular complexity index is 2600. The monoisotopic (exact) mass is 681 g/mol. The summed E-state index contributed by atoms with van der Waals surface area (Å²) in [6, 6.07) is 67.1. The summed E-state index contributed by atoms with van der Waals surface area (Å²) in [5, 5.41) is 2.49. The average Bonchev–Trinajstić information content (AvgIpc) is 3.50. The number of hydrogen-bond donors (Lipinski definition) is 0. The van der Waals surface area contributed by atoms with Gasteiger partial charge in [-0.1, -0.05) is 185 Å². The molecule has 0 radical (unpaired) electrons. The largest absolute Gasteiger partial charge is 0.309 e. The molecule has 0 heterocycles. The van der Waals surface area contributed by atoms with Gasteiger partial charge in [-0.15, -0.1) is 0 Å². The van der Waals surface area contributed by atoms with E-state index in [1.807, 2.05) is 0 Å². The van der Waals surface area contributed by atoms with Gasteiger partial charge < -0.3 is 4.90 Å². The Balaban J connectivity index is 1.31. The van der Waals surface area contributed by atoms with E-state index in [9.17, 15) is 0 Å². The van der Waals surface area contributed by atoms with E-state index in [1.54, 1.807) is 0 Å². The minimum Gasteiger partial charge on any atom is -0.309 e. The fourth-order valence-electron chi connectivity index (χ4n) is 8.46. The molecular weight excluding hydrogens is 639 g/mol. The molecule has 0 aromatic heterocycles. The Morgan fingerprint density at radius 1 is 0.415 bits per heavy atom. The van der Waals surface area contributed by atoms with Crippen LogP contribution in [0.1, 0.15) is 50.3 Å². The number of rotatable bonds is 6. The van der Waals surface area contributed by atoms with Gasteiger partial charge in [-0.2, -0.15) is 0 Å². The van der Waals surface area contributed by atoms with E-state index in [4.69, 9.17) is 0 Å². The Hall–Kier alpha value is -6.18. The number of para-hydroxylation sites is 2. The zero-order chi connectivity index (χ0) is 36.1. The quantitative estimate of drug-likeness (QED) is 0.169. The van der Waals surface area contributed by atoms with Gasteiger partial charge in [0.15, 0.2) is 0 Å². The fourth-order valence-corrected chi connectivity index (χ4v) is 8.46. The van der Waals surface area contributed by atoms with Crippen LogP contribution < -0.4 is 4.90 Å². The minimum absolute atomic E-state index is 0.0463. The Morgan fingerprint density at radius 3 is 1.60 bits per heavy atom. The molecule has 0 spiro atoms. The van der Waals surface area contributed by atoms with E-state index in [0.29, 0.717) is 5.92 Å². The third kappa shape index (κ3) is 5.65. The maximum atomic E-state index is 2.49. The second kappa shape index (κ2) is 13.1. The molecule has 0 saturated heterocycles. The molecule has 1 aliphatic carbocycles. The number of benzene rings is 8. The van der Waals surface area contributed by atoms with Crippen LogP contribution in [0.2, 0.25) is 0 Å². The lowest BCUT2D eigenvalue weighted by Crippen LogP contribution is -2.14. The van der Waals surface area contributed by atoms with Gasteiger partial charge in [0.05, 0.1) is 11.4 Å². The molecule has 1 atom stereocenters. The van der Waals surface area contributed by atoms with Crippen molar-refractivity contribution >= 4 is 27.8 Å². The highest BCUT2D eigenvalue weighted by Crippen LogP contribution is 2.52. The molecule has 9 rings (SSSR count). The van der Waals surface area contributed by atoms with Gasteiger partial charge in [-0.25, -0.2) is 0 Å². The smallest absolute Gasteiger partial charge is 0.0540 e. The molecule has 1 heteroatoms. The van der Waals surface area contributed by atoms with Crippen molar-refractivity contribution in [2.75, 3.05) is 4.90 Å². The molecule has 53 heavy (non-hydrogen) atoms. The topological polar surface area (TPSA) is 3.24 Å². The SMILES string of the molecule is CC1c2ccccc2-c2c(-c3ccccc3N(c3ccc(C(C)(C)C)cc3)c3ccccc3-c3cccc4cccc(-c5ccccc5)c34)cccc21. The first kappa shape index (κ1) is 32.7. The maximum absolute atomic E-state index is 2.49. The predicted octanol–water partition coefficient (Wildman–Crippen LogP) is 14.7. The van der Waals surface area contributed by atoms with E-state index < -0.39 is 0 Å². The normalized spacial score (nSPS) is 13.5. The van der Waals surface area contributed by atoms with Crippen molar-refractivity contribution in [2.24, 2.45) is 0 Å². The summed E-state index contributed by atoms with van der Waals surface area (Å²) in [5.41, 5.74) is 17.6. The van der Waals surface area contributed by atoms with Crippen LogP contribution in [0.3, 0.4) is 0 Å². The summed E-state index contributed by atoms with van der Waals surface area (Å²) < 4.78 is 0. The van der Waals surface area contributed by atoms with Crippen molar-refractivity contribution in [3.8, 4) is 44.5 Å². The zero-order valence-corrected chi connectivity index (χ0v) is 30.8. The lowest BCUT2D eigenvalue weighted by molar-refractivity contribution is 0.590. The Labute approximate surface area is 313 Å². The average molecular weight is 682 g/mol. The van der Waals surface area contributed by atoms with Crippen LogP contribution in [-0.2, 0) is 5.41 Å². The number of anilines is 3. The standard InChI is InChI=1S/C52H43N/c1-35-40-21-8-9-24-45(40)51-41(35)25-16-28-47(51)44-23-11-13-30-49(44)53(39-33-31-38(32-34-39)52(2,3)4)48-29-12-10-22-43(48)46-27-15-20-37-19-14-26-42(50(37)46)36-17-6-5-7-18-36/h5-35H,1-4H3. The van der Waals surface area contributed by atoms with Gasteiger partial charge in [-0.3, -0.25) is 0 Å². The molecule has 1 aliphatic rings. The molecule has 0 N–H and O–H groups in total. The Kier molecular flexibility index (Phi) is 8.09. The van der Waals surface area contributed by atoms with Crippen LogP contribution >= 0.6 is 0 Å². The molecule has 8 aromatic carbocycles. The van der Waals surface area contributed by atoms with E-state index >= 15 is 0 Å². The molecule has 0 saturated carbocycles. The second-order valence-corrected chi connectivity index (χ2v) is 15.3. The Morgan fingerprint density at radius 2 is 0.925 bits per heavy atom. The molecule has 1 unspecified atom stereocenters. The lowest BCUT2D eigenvalue weighted by atomic mass is 9.87. The number of fused-ring (bicyclic) bond motifs is 4. The first-order valence-electron chi connectivity index (χ1n) is 18.8. The highest BCUT2D eigenvalue weighted by Gasteiger charge is 2.29. The van der Waals surface area contributed by atoms with Gasteiger partial charge in [0, 0.05) is 22.7 Å². The first-order valence-corrected chi connectivity index (χ1v) is 18.8. The molecule has 0 aliphatic heterocycles. The molecule has 0 fully saturated rings. The van der Waals surface area contributed by atoms with Gasteiger partial charge in [0.2, 0.25) is 0 Å². The highest BCUT2D eigenvalue weighted by atomic mass is 15.1. The zero-order valence-electron chi connectivity index (χ0n) is 30.8. The molecule has 256 valence electrons. The summed E-state index contributed by atoms with van der Waals surface area (Å²) in [5.74, 6) is 0.347. The van der Waals surface area contributed by atoms with Crippen LogP contribution in [0.5, 0.6) is 0 Å². The fraction of sp³-hybridized carbons (Fsp3) is 0.115. The van der Waals surface area contributed by atoms with Crippen LogP contribution in [0.4, 0.5) is 17.1 Å². The maximum Gasteiger partial charge on any atom is 0.0540 e. The summed E-state index contributed by atoms with van der Waals surface area (Å²) in [4.78, 5) is 2.49. The van der Waals surface area contributed by atoms with Gasteiger partial charge in [-0.05, 0) is 90.5 Å². The molecule has 0 amide bonds. The van der Waals surface area contributed by atoms with Crippen molar-refractivity contribution in [1.29, 1.82) is 0 Å². The summed E-state index contributed by atoms with van der Waals surface area (Å²) >= 11 is 0. The predicted molar refractivity (Wildman–Crippen MR) is 227 cm³/mol. The van der Waals surface area contributed by atoms with Crippen LogP contribution in [0.15, 0.2) is 182 Å². The second-order valence-electron chi connectivity index (χ2n) is 15.3. The summed E-state index contributed by atoms with van der Waals surface area (Å²) in [6.07, 6.45) is 0. The van der Waals surface area contributed by atoms with Crippen LogP contribution in [-0.4, -0.2) is 0 Å². The van der Waals surface area contributed by atoms with Crippen LogP contribution in [0.25, 0.3) is 55.3 Å². The third-order valence-corrected chi connectivity index (χ3v) is 11.1. The number of hydrogen-bond acceptors (Lipinski definition) is 1. The summed E-state index contributed by atoms with van der Waals surface area (Å²) in [7, 11) is 0. The third-order valence-electron chi connectivity index (χ3n) is 11.1. The minimum atomic E-state index is 0.0463. The highest BCUT2D eigenvalue weighted by molar-refractivity contribution is 6.09. The van der Waals surface area contributed by atoms with Crippen molar-refractivity contribution < 1.29 is 0 Å². The van der Waals surface area contributed by atoms with Crippen molar-refractivity contribution in [1.82, 2.24) is 0 Å². The molecule has 8 aromatic rings. The lowest BCUT2D eigenvalue weighted by Gasteiger charge is -2.31. The molecule has 1 nitrogen and oxygen atoms in total. The van der Waals surface area contributed by atoms with Crippen molar-refractivity contribution in [2.45, 2.75) is 39.0 Å². The number of nitrogens with zero attached hydrogens (tertiary/aromatic N) is 1. The van der Waals surface area contributed by atoms with E-state index in [2.05, 4.69) is 215 Å². The van der Waals surface area contributed by atoms with E-state index in [-0.39, 0.29) is 5.41 Å². The van der Waals surface area contributed by atoms with E-state index in [1.165, 1.54) is 72.0 Å². The van der Waals surface area contributed by atoms with Crippen molar-refractivity contribution in [3.05, 3.63) is 199 Å².